The summed E-state index contributed by atoms with van der Waals surface area (Å²) in [6.45, 7) is 5.22. The van der Waals surface area contributed by atoms with Crippen molar-refractivity contribution in [2.45, 2.75) is 45.4 Å². The van der Waals surface area contributed by atoms with E-state index in [0.29, 0.717) is 11.8 Å². The van der Waals surface area contributed by atoms with Crippen LogP contribution >= 0.6 is 11.6 Å². The molecule has 0 fully saturated rings. The van der Waals surface area contributed by atoms with Crippen LogP contribution in [-0.4, -0.2) is 13.7 Å². The van der Waals surface area contributed by atoms with Crippen LogP contribution in [0.2, 0.25) is 0 Å². The lowest BCUT2D eigenvalue weighted by molar-refractivity contribution is 0.231. The lowest BCUT2D eigenvalue weighted by Gasteiger charge is -2.17. The molecule has 1 rings (SSSR count). The molecule has 0 aromatic heterocycles. The summed E-state index contributed by atoms with van der Waals surface area (Å²) in [6, 6.07) is 5.80. The zero-order chi connectivity index (χ0) is 14.1. The number of alkyl halides is 1. The van der Waals surface area contributed by atoms with Crippen LogP contribution in [0, 0.1) is 5.92 Å². The minimum atomic E-state index is 0.443. The number of hydrogen-bond acceptors (Lipinski definition) is 2. The van der Waals surface area contributed by atoms with Crippen molar-refractivity contribution >= 4 is 11.6 Å². The lowest BCUT2D eigenvalue weighted by atomic mass is 10.0. The Kier molecular flexibility index (Phi) is 7.73. The van der Waals surface area contributed by atoms with Gasteiger partial charge in [0.2, 0.25) is 0 Å². The summed E-state index contributed by atoms with van der Waals surface area (Å²) in [5.74, 6) is 2.77. The van der Waals surface area contributed by atoms with E-state index in [1.54, 1.807) is 7.11 Å². The molecule has 0 amide bonds. The van der Waals surface area contributed by atoms with E-state index in [2.05, 4.69) is 13.8 Å². The molecule has 19 heavy (non-hydrogen) atoms. The fourth-order valence-electron chi connectivity index (χ4n) is 2.03. The second kappa shape index (κ2) is 9.08. The van der Waals surface area contributed by atoms with E-state index >= 15 is 0 Å². The Hall–Kier alpha value is -0.890. The van der Waals surface area contributed by atoms with Crippen molar-refractivity contribution in [3.8, 4) is 11.5 Å². The molecule has 1 aromatic rings. The fourth-order valence-corrected chi connectivity index (χ4v) is 2.24. The Balaban J connectivity index is 2.60. The van der Waals surface area contributed by atoms with Gasteiger partial charge in [-0.3, -0.25) is 0 Å². The zero-order valence-corrected chi connectivity index (χ0v) is 13.0. The van der Waals surface area contributed by atoms with Gasteiger partial charge in [-0.1, -0.05) is 33.1 Å². The molecule has 0 bridgehead atoms. The minimum Gasteiger partial charge on any atom is -0.497 e. The molecule has 3 heteroatoms. The molecule has 1 atom stereocenters. The van der Waals surface area contributed by atoms with E-state index in [1.807, 2.05) is 18.2 Å². The Morgan fingerprint density at radius 1 is 1.26 bits per heavy atom. The first-order valence-electron chi connectivity index (χ1n) is 7.10. The number of benzene rings is 1. The van der Waals surface area contributed by atoms with Crippen molar-refractivity contribution in [3.63, 3.8) is 0 Å². The molecule has 0 aliphatic carbocycles. The number of halogens is 1. The van der Waals surface area contributed by atoms with Crippen LogP contribution in [0.3, 0.4) is 0 Å². The summed E-state index contributed by atoms with van der Waals surface area (Å²) in [6.07, 6.45) is 4.91. The van der Waals surface area contributed by atoms with E-state index in [-0.39, 0.29) is 0 Å². The second-order valence-electron chi connectivity index (χ2n) is 4.83. The van der Waals surface area contributed by atoms with E-state index < -0.39 is 0 Å². The number of ether oxygens (including phenoxy) is 2. The molecule has 0 spiro atoms. The molecule has 0 aliphatic heterocycles. The third-order valence-corrected chi connectivity index (χ3v) is 3.72. The molecule has 0 saturated heterocycles. The van der Waals surface area contributed by atoms with Crippen molar-refractivity contribution < 1.29 is 9.47 Å². The van der Waals surface area contributed by atoms with Gasteiger partial charge in [0, 0.05) is 5.56 Å². The van der Waals surface area contributed by atoms with Gasteiger partial charge in [0.25, 0.3) is 0 Å². The molecule has 0 heterocycles. The lowest BCUT2D eigenvalue weighted by Crippen LogP contribution is -2.12. The van der Waals surface area contributed by atoms with Gasteiger partial charge in [-0.15, -0.1) is 11.6 Å². The Labute approximate surface area is 122 Å². The van der Waals surface area contributed by atoms with Gasteiger partial charge in [0.15, 0.2) is 0 Å². The second-order valence-corrected chi connectivity index (χ2v) is 5.10. The maximum atomic E-state index is 5.96. The van der Waals surface area contributed by atoms with Gasteiger partial charge in [-0.25, -0.2) is 0 Å². The molecular weight excluding hydrogens is 260 g/mol. The highest BCUT2D eigenvalue weighted by Gasteiger charge is 2.10. The van der Waals surface area contributed by atoms with Crippen LogP contribution in [-0.2, 0) is 5.88 Å². The fraction of sp³-hybridized carbons (Fsp3) is 0.625. The summed E-state index contributed by atoms with van der Waals surface area (Å²) in [5, 5.41) is 0. The Morgan fingerprint density at radius 3 is 2.63 bits per heavy atom. The smallest absolute Gasteiger partial charge is 0.123 e. The molecule has 1 aromatic carbocycles. The Bertz CT molecular complexity index is 366. The highest BCUT2D eigenvalue weighted by atomic mass is 35.5. The summed E-state index contributed by atoms with van der Waals surface area (Å²) >= 11 is 5.96. The standard InChI is InChI=1S/C16H25ClO2/c1-4-6-7-13(5-2)12-19-16-9-8-15(18-3)10-14(16)11-17/h8-10,13H,4-7,11-12H2,1-3H3. The van der Waals surface area contributed by atoms with E-state index in [4.69, 9.17) is 21.1 Å². The molecular formula is C16H25ClO2. The third-order valence-electron chi connectivity index (χ3n) is 3.43. The first-order chi connectivity index (χ1) is 9.24. The number of hydrogen-bond donors (Lipinski definition) is 0. The summed E-state index contributed by atoms with van der Waals surface area (Å²) in [4.78, 5) is 0. The predicted octanol–water partition coefficient (Wildman–Crippen LogP) is 5.03. The molecule has 0 N–H and O–H groups in total. The van der Waals surface area contributed by atoms with E-state index in [1.165, 1.54) is 19.3 Å². The van der Waals surface area contributed by atoms with Gasteiger partial charge in [0.1, 0.15) is 11.5 Å². The molecule has 108 valence electrons. The predicted molar refractivity (Wildman–Crippen MR) is 81.4 cm³/mol. The van der Waals surface area contributed by atoms with Crippen LogP contribution in [0.15, 0.2) is 18.2 Å². The average Bonchev–Trinajstić information content (AvgIpc) is 2.47. The number of unbranched alkanes of at least 4 members (excludes halogenated alkanes) is 1. The zero-order valence-electron chi connectivity index (χ0n) is 12.2. The van der Waals surface area contributed by atoms with Crippen molar-refractivity contribution in [1.82, 2.24) is 0 Å². The summed E-state index contributed by atoms with van der Waals surface area (Å²) in [7, 11) is 1.66. The maximum Gasteiger partial charge on any atom is 0.123 e. The van der Waals surface area contributed by atoms with Crippen LogP contribution in [0.5, 0.6) is 11.5 Å². The Morgan fingerprint density at radius 2 is 2.05 bits per heavy atom. The van der Waals surface area contributed by atoms with Crippen molar-refractivity contribution in [3.05, 3.63) is 23.8 Å². The monoisotopic (exact) mass is 284 g/mol. The normalized spacial score (nSPS) is 12.2. The molecule has 0 radical (unpaired) electrons. The van der Waals surface area contributed by atoms with Crippen LogP contribution in [0.25, 0.3) is 0 Å². The molecule has 0 aliphatic rings. The SMILES string of the molecule is CCCCC(CC)COc1ccc(OC)cc1CCl. The van der Waals surface area contributed by atoms with Gasteiger partial charge < -0.3 is 9.47 Å². The van der Waals surface area contributed by atoms with Crippen LogP contribution < -0.4 is 9.47 Å². The van der Waals surface area contributed by atoms with Gasteiger partial charge in [-0.2, -0.15) is 0 Å². The minimum absolute atomic E-state index is 0.443. The quantitative estimate of drug-likeness (QED) is 0.592. The summed E-state index contributed by atoms with van der Waals surface area (Å²) in [5.41, 5.74) is 0.992. The summed E-state index contributed by atoms with van der Waals surface area (Å²) < 4.78 is 11.1. The van der Waals surface area contributed by atoms with Gasteiger partial charge in [-0.05, 0) is 30.5 Å². The van der Waals surface area contributed by atoms with Crippen molar-refractivity contribution in [1.29, 1.82) is 0 Å². The molecule has 2 nitrogen and oxygen atoms in total. The highest BCUT2D eigenvalue weighted by Crippen LogP contribution is 2.26. The maximum absolute atomic E-state index is 5.96. The average molecular weight is 285 g/mol. The van der Waals surface area contributed by atoms with Crippen LogP contribution in [0.1, 0.15) is 45.1 Å². The van der Waals surface area contributed by atoms with Crippen LogP contribution in [0.4, 0.5) is 0 Å². The first kappa shape index (κ1) is 16.2. The van der Waals surface area contributed by atoms with E-state index in [9.17, 15) is 0 Å². The third kappa shape index (κ3) is 5.32. The van der Waals surface area contributed by atoms with E-state index in [0.717, 1.165) is 30.1 Å². The van der Waals surface area contributed by atoms with Gasteiger partial charge in [0.05, 0.1) is 19.6 Å². The highest BCUT2D eigenvalue weighted by molar-refractivity contribution is 6.17. The topological polar surface area (TPSA) is 18.5 Å². The van der Waals surface area contributed by atoms with Crippen molar-refractivity contribution in [2.75, 3.05) is 13.7 Å². The number of methoxy groups -OCH3 is 1. The molecule has 1 unspecified atom stereocenters. The van der Waals surface area contributed by atoms with Crippen molar-refractivity contribution in [2.24, 2.45) is 5.92 Å². The number of rotatable bonds is 9. The largest absolute Gasteiger partial charge is 0.497 e. The first-order valence-corrected chi connectivity index (χ1v) is 7.64. The molecule has 0 saturated carbocycles. The van der Waals surface area contributed by atoms with Gasteiger partial charge >= 0.3 is 0 Å².